The molecule has 100 valence electrons. The zero-order valence-corrected chi connectivity index (χ0v) is 9.64. The maximum Gasteiger partial charge on any atom is 0.303 e. The van der Waals surface area contributed by atoms with Gasteiger partial charge in [0.2, 0.25) is 17.7 Å². The Bertz CT molecular complexity index is 382. The molecule has 0 aromatic carbocycles. The molecular weight excluding hydrogens is 242 g/mol. The Hall–Kier alpha value is -1.96. The molecule has 1 fully saturated rings. The van der Waals surface area contributed by atoms with Gasteiger partial charge in [0.05, 0.1) is 6.04 Å². The van der Waals surface area contributed by atoms with Crippen LogP contribution in [0.5, 0.6) is 0 Å². The molecule has 18 heavy (non-hydrogen) atoms. The smallest absolute Gasteiger partial charge is 0.303 e. The molecule has 2 unspecified atom stereocenters. The summed E-state index contributed by atoms with van der Waals surface area (Å²) in [5.41, 5.74) is 5.48. The monoisotopic (exact) mass is 257 g/mol. The van der Waals surface area contributed by atoms with Crippen molar-refractivity contribution in [1.82, 2.24) is 10.6 Å². The summed E-state index contributed by atoms with van der Waals surface area (Å²) in [6.07, 6.45) is 0.154. The summed E-state index contributed by atoms with van der Waals surface area (Å²) in [6, 6.07) is -1.77. The summed E-state index contributed by atoms with van der Waals surface area (Å²) in [5.74, 6) is -2.57. The van der Waals surface area contributed by atoms with Crippen LogP contribution in [0.25, 0.3) is 0 Å². The lowest BCUT2D eigenvalue weighted by atomic mass is 10.0. The average molecular weight is 257 g/mol. The van der Waals surface area contributed by atoms with Crippen molar-refractivity contribution in [3.63, 3.8) is 0 Å². The highest BCUT2D eigenvalue weighted by Crippen LogP contribution is 2.05. The molecule has 0 aliphatic carbocycles. The summed E-state index contributed by atoms with van der Waals surface area (Å²) >= 11 is 0. The molecule has 1 aliphatic heterocycles. The third-order valence-electron chi connectivity index (χ3n) is 2.56. The van der Waals surface area contributed by atoms with E-state index in [2.05, 4.69) is 10.6 Å². The minimum Gasteiger partial charge on any atom is -0.481 e. The molecular formula is C10H15N3O5. The fourth-order valence-corrected chi connectivity index (χ4v) is 1.52. The van der Waals surface area contributed by atoms with Crippen molar-refractivity contribution in [2.24, 2.45) is 5.73 Å². The number of carboxylic acids is 1. The Labute approximate surface area is 103 Å². The van der Waals surface area contributed by atoms with E-state index in [-0.39, 0.29) is 31.6 Å². The lowest BCUT2D eigenvalue weighted by molar-refractivity contribution is -0.139. The van der Waals surface area contributed by atoms with Crippen LogP contribution in [0.2, 0.25) is 0 Å². The van der Waals surface area contributed by atoms with Gasteiger partial charge < -0.3 is 16.2 Å². The molecule has 3 amide bonds. The van der Waals surface area contributed by atoms with Crippen molar-refractivity contribution in [1.29, 1.82) is 0 Å². The summed E-state index contributed by atoms with van der Waals surface area (Å²) in [4.78, 5) is 44.1. The number of carbonyl (C=O) groups is 4. The third kappa shape index (κ3) is 4.13. The Morgan fingerprint density at radius 2 is 2.17 bits per heavy atom. The van der Waals surface area contributed by atoms with Crippen LogP contribution in [0.3, 0.4) is 0 Å². The SMILES string of the molecule is NC(CCC(=O)O)C(=O)NC1CCC(=O)NC1=O. The van der Waals surface area contributed by atoms with Crippen molar-refractivity contribution in [2.75, 3.05) is 0 Å². The summed E-state index contributed by atoms with van der Waals surface area (Å²) in [5, 5.41) is 12.9. The van der Waals surface area contributed by atoms with Gasteiger partial charge in [0.1, 0.15) is 6.04 Å². The number of amides is 3. The summed E-state index contributed by atoms with van der Waals surface area (Å²) in [7, 11) is 0. The van der Waals surface area contributed by atoms with Gasteiger partial charge in [-0.05, 0) is 12.8 Å². The molecule has 1 rings (SSSR count). The second-order valence-corrected chi connectivity index (χ2v) is 4.05. The molecule has 1 aliphatic rings. The first-order valence-electron chi connectivity index (χ1n) is 5.51. The van der Waals surface area contributed by atoms with Gasteiger partial charge in [-0.2, -0.15) is 0 Å². The van der Waals surface area contributed by atoms with Gasteiger partial charge >= 0.3 is 5.97 Å². The molecule has 0 radical (unpaired) electrons. The largest absolute Gasteiger partial charge is 0.481 e. The van der Waals surface area contributed by atoms with Crippen LogP contribution in [0.15, 0.2) is 0 Å². The Balaban J connectivity index is 2.41. The number of rotatable bonds is 5. The first-order valence-corrected chi connectivity index (χ1v) is 5.51. The maximum absolute atomic E-state index is 11.6. The summed E-state index contributed by atoms with van der Waals surface area (Å²) < 4.78 is 0. The fourth-order valence-electron chi connectivity index (χ4n) is 1.52. The van der Waals surface area contributed by atoms with Crippen LogP contribution in [0, 0.1) is 0 Å². The molecule has 8 heteroatoms. The summed E-state index contributed by atoms with van der Waals surface area (Å²) in [6.45, 7) is 0. The van der Waals surface area contributed by atoms with Crippen LogP contribution in [-0.4, -0.2) is 40.9 Å². The van der Waals surface area contributed by atoms with E-state index >= 15 is 0 Å². The van der Waals surface area contributed by atoms with Gasteiger partial charge in [0, 0.05) is 12.8 Å². The first kappa shape index (κ1) is 14.1. The fraction of sp³-hybridized carbons (Fsp3) is 0.600. The molecule has 1 saturated heterocycles. The molecule has 0 spiro atoms. The zero-order valence-electron chi connectivity index (χ0n) is 9.64. The quantitative estimate of drug-likeness (QED) is 0.424. The number of aliphatic carboxylic acids is 1. The van der Waals surface area contributed by atoms with E-state index in [4.69, 9.17) is 10.8 Å². The van der Waals surface area contributed by atoms with E-state index in [1.807, 2.05) is 0 Å². The van der Waals surface area contributed by atoms with E-state index in [1.165, 1.54) is 0 Å². The van der Waals surface area contributed by atoms with Gasteiger partial charge in [-0.25, -0.2) is 0 Å². The lowest BCUT2D eigenvalue weighted by Crippen LogP contribution is -2.55. The Kier molecular flexibility index (Phi) is 4.78. The lowest BCUT2D eigenvalue weighted by Gasteiger charge is -2.23. The highest BCUT2D eigenvalue weighted by molar-refractivity contribution is 6.02. The van der Waals surface area contributed by atoms with E-state index in [1.54, 1.807) is 0 Å². The standard InChI is InChI=1S/C10H15N3O5/c11-5(1-4-8(15)16)9(17)12-6-2-3-7(14)13-10(6)18/h5-6H,1-4,11H2,(H,12,17)(H,15,16)(H,13,14,18). The molecule has 2 atom stereocenters. The topological polar surface area (TPSA) is 139 Å². The minimum absolute atomic E-state index is 0.00552. The third-order valence-corrected chi connectivity index (χ3v) is 2.56. The van der Waals surface area contributed by atoms with Crippen molar-refractivity contribution in [2.45, 2.75) is 37.8 Å². The van der Waals surface area contributed by atoms with E-state index in [0.29, 0.717) is 0 Å². The number of nitrogens with two attached hydrogens (primary N) is 1. The predicted octanol–water partition coefficient (Wildman–Crippen LogP) is -1.90. The van der Waals surface area contributed by atoms with Gasteiger partial charge in [0.25, 0.3) is 0 Å². The number of carboxylic acid groups (broad SMARTS) is 1. The minimum atomic E-state index is -1.04. The van der Waals surface area contributed by atoms with Gasteiger partial charge in [-0.1, -0.05) is 0 Å². The first-order chi connectivity index (χ1) is 8.40. The number of piperidine rings is 1. The van der Waals surface area contributed by atoms with E-state index in [9.17, 15) is 19.2 Å². The van der Waals surface area contributed by atoms with Gasteiger partial charge in [-0.15, -0.1) is 0 Å². The molecule has 8 nitrogen and oxygen atoms in total. The molecule has 0 bridgehead atoms. The number of nitrogens with one attached hydrogen (secondary N) is 2. The van der Waals surface area contributed by atoms with Crippen molar-refractivity contribution < 1.29 is 24.3 Å². The Morgan fingerprint density at radius 1 is 1.50 bits per heavy atom. The predicted molar refractivity (Wildman–Crippen MR) is 59.2 cm³/mol. The molecule has 1 heterocycles. The number of carbonyl (C=O) groups excluding carboxylic acids is 3. The van der Waals surface area contributed by atoms with Gasteiger partial charge in [0.15, 0.2) is 0 Å². The van der Waals surface area contributed by atoms with Crippen LogP contribution in [-0.2, 0) is 19.2 Å². The average Bonchev–Trinajstić information content (AvgIpc) is 2.29. The Morgan fingerprint density at radius 3 is 2.72 bits per heavy atom. The second kappa shape index (κ2) is 6.10. The molecule has 0 aromatic rings. The van der Waals surface area contributed by atoms with Crippen molar-refractivity contribution in [3.8, 4) is 0 Å². The second-order valence-electron chi connectivity index (χ2n) is 4.05. The van der Waals surface area contributed by atoms with Crippen molar-refractivity contribution >= 4 is 23.7 Å². The highest BCUT2D eigenvalue weighted by atomic mass is 16.4. The number of imide groups is 1. The molecule has 0 saturated carbocycles. The normalized spacial score (nSPS) is 21.1. The van der Waals surface area contributed by atoms with E-state index < -0.39 is 29.9 Å². The van der Waals surface area contributed by atoms with Crippen LogP contribution in [0.1, 0.15) is 25.7 Å². The maximum atomic E-state index is 11.6. The zero-order chi connectivity index (χ0) is 13.7. The van der Waals surface area contributed by atoms with Crippen LogP contribution in [0.4, 0.5) is 0 Å². The number of hydrogen-bond acceptors (Lipinski definition) is 5. The van der Waals surface area contributed by atoms with E-state index in [0.717, 1.165) is 0 Å². The number of hydrogen-bond donors (Lipinski definition) is 4. The van der Waals surface area contributed by atoms with Crippen molar-refractivity contribution in [3.05, 3.63) is 0 Å². The molecule has 5 N–H and O–H groups in total. The molecule has 0 aromatic heterocycles. The van der Waals surface area contributed by atoms with Crippen LogP contribution >= 0.6 is 0 Å². The van der Waals surface area contributed by atoms with Crippen LogP contribution < -0.4 is 16.4 Å². The van der Waals surface area contributed by atoms with Gasteiger partial charge in [-0.3, -0.25) is 24.5 Å². The highest BCUT2D eigenvalue weighted by Gasteiger charge is 2.29.